The fourth-order valence-electron chi connectivity index (χ4n) is 3.57. The minimum atomic E-state index is -0.891. The number of aromatic nitrogens is 6. The summed E-state index contributed by atoms with van der Waals surface area (Å²) in [5.41, 5.74) is 1.18. The molecule has 1 saturated heterocycles. The molecule has 3 heterocycles. The van der Waals surface area contributed by atoms with Gasteiger partial charge in [-0.05, 0) is 47.4 Å². The van der Waals surface area contributed by atoms with Crippen LogP contribution < -0.4 is 4.74 Å². The first kappa shape index (κ1) is 25.0. The molecule has 13 heteroatoms. The molecule has 1 aromatic carbocycles. The minimum Gasteiger partial charge on any atom is -0.481 e. The van der Waals surface area contributed by atoms with E-state index in [0.29, 0.717) is 24.0 Å². The number of carbonyl (C=O) groups is 2. The van der Waals surface area contributed by atoms with Crippen molar-refractivity contribution in [2.75, 3.05) is 18.8 Å². The van der Waals surface area contributed by atoms with Crippen LogP contribution in [0, 0.1) is 0 Å². The van der Waals surface area contributed by atoms with E-state index in [1.807, 2.05) is 42.1 Å². The van der Waals surface area contributed by atoms with E-state index in [0.717, 1.165) is 30.2 Å². The molecule has 3 aromatic rings. The van der Waals surface area contributed by atoms with E-state index >= 15 is 0 Å². The molecule has 1 amide bonds. The predicted octanol–water partition coefficient (Wildman–Crippen LogP) is 2.97. The van der Waals surface area contributed by atoms with Crippen molar-refractivity contribution in [1.29, 1.82) is 0 Å². The van der Waals surface area contributed by atoms with E-state index in [2.05, 4.69) is 20.5 Å². The Kier molecular flexibility index (Phi) is 8.64. The van der Waals surface area contributed by atoms with Crippen molar-refractivity contribution in [3.05, 3.63) is 42.2 Å². The van der Waals surface area contributed by atoms with Gasteiger partial charge in [-0.3, -0.25) is 4.79 Å². The van der Waals surface area contributed by atoms with Crippen LogP contribution in [-0.4, -0.2) is 75.9 Å². The second-order valence-corrected chi connectivity index (χ2v) is 10.4. The summed E-state index contributed by atoms with van der Waals surface area (Å²) in [7, 11) is 1.98. The number of piperidine rings is 1. The predicted molar refractivity (Wildman–Crippen MR) is 131 cm³/mol. The molecule has 35 heavy (non-hydrogen) atoms. The highest BCUT2D eigenvalue weighted by Gasteiger charge is 2.26. The molecule has 2 aromatic heterocycles. The molecular weight excluding hydrogens is 490 g/mol. The van der Waals surface area contributed by atoms with Gasteiger partial charge < -0.3 is 19.3 Å². The third-order valence-corrected chi connectivity index (χ3v) is 7.90. The average Bonchev–Trinajstić information content (AvgIpc) is 3.47. The number of likely N-dealkylation sites (tertiary alicyclic amines) is 1. The van der Waals surface area contributed by atoms with Crippen LogP contribution in [0.5, 0.6) is 5.75 Å². The monoisotopic (exact) mass is 517 g/mol. The Morgan fingerprint density at radius 2 is 1.94 bits per heavy atom. The van der Waals surface area contributed by atoms with E-state index in [-0.39, 0.29) is 24.3 Å². The number of imidazole rings is 1. The molecule has 1 aliphatic heterocycles. The van der Waals surface area contributed by atoms with Crippen LogP contribution in [-0.2, 0) is 24.8 Å². The zero-order chi connectivity index (χ0) is 24.6. The fraction of sp³-hybridized carbons (Fsp3) is 0.455. The Hall–Kier alpha value is -3.06. The summed E-state index contributed by atoms with van der Waals surface area (Å²) in [6, 6.07) is 7.63. The van der Waals surface area contributed by atoms with Gasteiger partial charge in [0.1, 0.15) is 5.75 Å². The number of thioether (sulfide) groups is 2. The second-order valence-electron chi connectivity index (χ2n) is 8.06. The van der Waals surface area contributed by atoms with Crippen LogP contribution in [0.2, 0.25) is 0 Å². The minimum absolute atomic E-state index is 0.0338. The Morgan fingerprint density at radius 3 is 2.63 bits per heavy atom. The van der Waals surface area contributed by atoms with E-state index < -0.39 is 5.97 Å². The first-order chi connectivity index (χ1) is 17.0. The molecule has 1 aliphatic rings. The van der Waals surface area contributed by atoms with Gasteiger partial charge in [-0.2, -0.15) is 0 Å². The number of tetrazole rings is 1. The third kappa shape index (κ3) is 7.21. The highest BCUT2D eigenvalue weighted by molar-refractivity contribution is 7.99. The van der Waals surface area contributed by atoms with E-state index in [9.17, 15) is 9.59 Å². The van der Waals surface area contributed by atoms with Crippen LogP contribution in [0.4, 0.5) is 4.79 Å². The number of aryl methyl sites for hydroxylation is 3. The van der Waals surface area contributed by atoms with Crippen molar-refractivity contribution in [2.45, 2.75) is 47.8 Å². The van der Waals surface area contributed by atoms with Crippen LogP contribution in [0.1, 0.15) is 24.8 Å². The molecule has 0 unspecified atom stereocenters. The van der Waals surface area contributed by atoms with Gasteiger partial charge in [-0.15, -0.1) is 5.10 Å². The van der Waals surface area contributed by atoms with Crippen LogP contribution in [0.3, 0.4) is 0 Å². The van der Waals surface area contributed by atoms with Gasteiger partial charge >= 0.3 is 12.1 Å². The number of hydrogen-bond donors (Lipinski definition) is 1. The Morgan fingerprint density at radius 1 is 1.17 bits per heavy atom. The van der Waals surface area contributed by atoms with Crippen molar-refractivity contribution in [2.24, 2.45) is 7.05 Å². The zero-order valence-electron chi connectivity index (χ0n) is 19.3. The number of nitrogens with zero attached hydrogens (tertiary/aromatic N) is 7. The van der Waals surface area contributed by atoms with Crippen LogP contribution in [0.25, 0.3) is 0 Å². The van der Waals surface area contributed by atoms with Crippen molar-refractivity contribution in [3.63, 3.8) is 0 Å². The number of aliphatic carboxylic acids is 1. The normalized spacial score (nSPS) is 14.3. The average molecular weight is 518 g/mol. The number of benzene rings is 1. The molecule has 0 radical (unpaired) electrons. The summed E-state index contributed by atoms with van der Waals surface area (Å²) < 4.78 is 9.09. The van der Waals surface area contributed by atoms with E-state index in [1.165, 1.54) is 22.0 Å². The van der Waals surface area contributed by atoms with Crippen molar-refractivity contribution >= 4 is 35.6 Å². The maximum atomic E-state index is 12.6. The standard InChI is InChI=1S/C22H27N7O4S2/c1-27-14-10-23-20(27)34-15-9-16-2-4-17(5-3-16)33-22(32)28-11-6-18(7-12-28)35-21-24-25-26-29(21)13-8-19(30)31/h2-5,10,14,18H,6-9,11-13,15H2,1H3,(H,30,31). The number of carboxylic acid groups (broad SMARTS) is 1. The number of hydrogen-bond acceptors (Lipinski definition) is 9. The molecule has 0 aliphatic carbocycles. The van der Waals surface area contributed by atoms with Gasteiger partial charge in [0.05, 0.1) is 13.0 Å². The summed E-state index contributed by atoms with van der Waals surface area (Å²) in [6.45, 7) is 1.39. The lowest BCUT2D eigenvalue weighted by atomic mass is 10.1. The van der Waals surface area contributed by atoms with Gasteiger partial charge in [0, 0.05) is 43.5 Å². The smallest absolute Gasteiger partial charge is 0.415 e. The first-order valence-corrected chi connectivity index (χ1v) is 13.1. The topological polar surface area (TPSA) is 128 Å². The highest BCUT2D eigenvalue weighted by Crippen LogP contribution is 2.29. The number of amides is 1. The molecule has 0 saturated carbocycles. The molecule has 1 fully saturated rings. The molecule has 1 N–H and O–H groups in total. The van der Waals surface area contributed by atoms with Crippen molar-refractivity contribution in [3.8, 4) is 5.75 Å². The lowest BCUT2D eigenvalue weighted by molar-refractivity contribution is -0.137. The lowest BCUT2D eigenvalue weighted by Gasteiger charge is -2.30. The molecular formula is C22H27N7O4S2. The maximum Gasteiger partial charge on any atom is 0.415 e. The van der Waals surface area contributed by atoms with Gasteiger partial charge in [-0.1, -0.05) is 35.7 Å². The molecule has 4 rings (SSSR count). The largest absolute Gasteiger partial charge is 0.481 e. The highest BCUT2D eigenvalue weighted by atomic mass is 32.2. The van der Waals surface area contributed by atoms with E-state index in [1.54, 1.807) is 22.9 Å². The Balaban J connectivity index is 1.19. The second kappa shape index (κ2) is 12.1. The van der Waals surface area contributed by atoms with Crippen LogP contribution in [0.15, 0.2) is 47.0 Å². The summed E-state index contributed by atoms with van der Waals surface area (Å²) in [6.07, 6.45) is 5.79. The quantitative estimate of drug-likeness (QED) is 0.401. The summed E-state index contributed by atoms with van der Waals surface area (Å²) in [4.78, 5) is 29.4. The van der Waals surface area contributed by atoms with Gasteiger partial charge in [0.2, 0.25) is 5.16 Å². The summed E-state index contributed by atoms with van der Waals surface area (Å²) in [5.74, 6) is 0.560. The van der Waals surface area contributed by atoms with Crippen LogP contribution >= 0.6 is 23.5 Å². The maximum absolute atomic E-state index is 12.6. The molecule has 0 bridgehead atoms. The molecule has 0 atom stereocenters. The lowest BCUT2D eigenvalue weighted by Crippen LogP contribution is -2.41. The third-order valence-electron chi connectivity index (χ3n) is 5.54. The molecule has 11 nitrogen and oxygen atoms in total. The van der Waals surface area contributed by atoms with Gasteiger partial charge in [0.15, 0.2) is 5.16 Å². The number of ether oxygens (including phenoxy) is 1. The van der Waals surface area contributed by atoms with Gasteiger partial charge in [0.25, 0.3) is 0 Å². The zero-order valence-corrected chi connectivity index (χ0v) is 21.0. The SMILES string of the molecule is Cn1ccnc1SCCc1ccc(OC(=O)N2CCC(Sc3nnnn3CCC(=O)O)CC2)cc1. The summed E-state index contributed by atoms with van der Waals surface area (Å²) in [5, 5.41) is 22.2. The molecule has 0 spiro atoms. The first-order valence-electron chi connectivity index (χ1n) is 11.3. The Labute approximate surface area is 211 Å². The number of carbonyl (C=O) groups excluding carboxylic acids is 1. The van der Waals surface area contributed by atoms with Crippen molar-refractivity contribution in [1.82, 2.24) is 34.7 Å². The fourth-order valence-corrected chi connectivity index (χ4v) is 5.57. The van der Waals surface area contributed by atoms with Crippen molar-refractivity contribution < 1.29 is 19.4 Å². The van der Waals surface area contributed by atoms with E-state index in [4.69, 9.17) is 9.84 Å². The van der Waals surface area contributed by atoms with Gasteiger partial charge in [-0.25, -0.2) is 14.5 Å². The Bertz CT molecular complexity index is 1130. The number of carboxylic acids is 1. The summed E-state index contributed by atoms with van der Waals surface area (Å²) >= 11 is 3.23. The molecule has 186 valence electrons. The number of rotatable bonds is 10.